The first-order valence-electron chi connectivity index (χ1n) is 4.75. The Kier molecular flexibility index (Phi) is 4.38. The number of amidine groups is 1. The average molecular weight is 302 g/mol. The van der Waals surface area contributed by atoms with E-state index in [9.17, 15) is 0 Å². The van der Waals surface area contributed by atoms with Crippen molar-refractivity contribution in [1.29, 1.82) is 0 Å². The van der Waals surface area contributed by atoms with E-state index in [-0.39, 0.29) is 24.0 Å². The van der Waals surface area contributed by atoms with Crippen LogP contribution in [0.4, 0.5) is 0 Å². The van der Waals surface area contributed by atoms with Gasteiger partial charge in [0.15, 0.2) is 0 Å². The van der Waals surface area contributed by atoms with Crippen LogP contribution in [0.5, 0.6) is 0 Å². The Balaban J connectivity index is 0.000000980. The van der Waals surface area contributed by atoms with Gasteiger partial charge in [-0.05, 0) is 12.1 Å². The van der Waals surface area contributed by atoms with Crippen LogP contribution in [0, 0.1) is 0 Å². The molecule has 0 saturated carbocycles. The fourth-order valence-electron chi connectivity index (χ4n) is 1.69. The molecular formula is C11H15IN2. The van der Waals surface area contributed by atoms with Crippen LogP contribution in [0.25, 0.3) is 0 Å². The Bertz CT molecular complexity index is 319. The molecule has 0 atom stereocenters. The number of nitrogens with one attached hydrogen (secondary N) is 1. The molecule has 0 aromatic heterocycles. The Labute approximate surface area is 102 Å². The zero-order valence-electron chi connectivity index (χ0n) is 8.33. The summed E-state index contributed by atoms with van der Waals surface area (Å²) >= 11 is 0. The van der Waals surface area contributed by atoms with Crippen molar-refractivity contribution in [2.24, 2.45) is 0 Å². The van der Waals surface area contributed by atoms with Crippen molar-refractivity contribution < 1.29 is 28.6 Å². The first-order chi connectivity index (χ1) is 6.38. The van der Waals surface area contributed by atoms with Gasteiger partial charge in [-0.2, -0.15) is 0 Å². The topological polar surface area (TPSA) is 15.0 Å². The highest BCUT2D eigenvalue weighted by molar-refractivity contribution is 5.95. The van der Waals surface area contributed by atoms with Gasteiger partial charge in [-0.3, -0.25) is 9.89 Å². The molecule has 2 rings (SSSR count). The highest BCUT2D eigenvalue weighted by atomic mass is 127. The van der Waals surface area contributed by atoms with Crippen molar-refractivity contribution in [3.05, 3.63) is 35.9 Å². The third kappa shape index (κ3) is 2.47. The van der Waals surface area contributed by atoms with Gasteiger partial charge in [-0.1, -0.05) is 18.2 Å². The average Bonchev–Trinajstić information content (AvgIpc) is 2.20. The van der Waals surface area contributed by atoms with Gasteiger partial charge in [-0.25, -0.2) is 0 Å². The van der Waals surface area contributed by atoms with Crippen molar-refractivity contribution in [3.63, 3.8) is 0 Å². The maximum absolute atomic E-state index is 3.43. The molecule has 0 unspecified atom stereocenters. The normalized spacial score (nSPS) is 15.8. The molecule has 0 spiro atoms. The number of nitrogens with zero attached hydrogens (tertiary/aromatic N) is 1. The first kappa shape index (κ1) is 11.5. The quantitative estimate of drug-likeness (QED) is 0.472. The highest BCUT2D eigenvalue weighted by Crippen LogP contribution is 2.01. The van der Waals surface area contributed by atoms with Crippen LogP contribution in [-0.4, -0.2) is 30.5 Å². The standard InChI is InChI=1S/C11H14N2.HI/c1-13-9-5-8-12-11(13)10-6-3-2-4-7-10;/h2-4,6-7H,5,8-9H2,1H3;1H. The lowest BCUT2D eigenvalue weighted by atomic mass is 10.2. The van der Waals surface area contributed by atoms with Crippen molar-refractivity contribution >= 4 is 5.84 Å². The van der Waals surface area contributed by atoms with E-state index in [0.717, 1.165) is 13.1 Å². The highest BCUT2D eigenvalue weighted by Gasteiger charge is 2.16. The second-order valence-corrected chi connectivity index (χ2v) is 3.42. The molecule has 1 aromatic carbocycles. The molecule has 1 aliphatic heterocycles. The molecule has 76 valence electrons. The fraction of sp³-hybridized carbons (Fsp3) is 0.364. The molecule has 0 saturated heterocycles. The van der Waals surface area contributed by atoms with Gasteiger partial charge in [0.2, 0.25) is 0 Å². The van der Waals surface area contributed by atoms with Crippen molar-refractivity contribution in [2.75, 3.05) is 20.1 Å². The van der Waals surface area contributed by atoms with Gasteiger partial charge < -0.3 is 24.0 Å². The fourth-order valence-corrected chi connectivity index (χ4v) is 1.69. The molecule has 0 amide bonds. The van der Waals surface area contributed by atoms with E-state index in [1.165, 1.54) is 17.8 Å². The van der Waals surface area contributed by atoms with E-state index in [2.05, 4.69) is 41.2 Å². The summed E-state index contributed by atoms with van der Waals surface area (Å²) in [5.41, 5.74) is 1.28. The van der Waals surface area contributed by atoms with Gasteiger partial charge in [0.1, 0.15) is 0 Å². The minimum Gasteiger partial charge on any atom is -1.00 e. The summed E-state index contributed by atoms with van der Waals surface area (Å²) in [5, 5.41) is 3.43. The molecule has 0 bridgehead atoms. The molecule has 2 nitrogen and oxygen atoms in total. The smallest absolute Gasteiger partial charge is 0.276 e. The maximum atomic E-state index is 3.43. The van der Waals surface area contributed by atoms with Crippen LogP contribution in [0.3, 0.4) is 0 Å². The molecule has 1 aromatic rings. The molecule has 0 radical (unpaired) electrons. The van der Waals surface area contributed by atoms with Crippen LogP contribution >= 0.6 is 0 Å². The summed E-state index contributed by atoms with van der Waals surface area (Å²) < 4.78 is 2.28. The van der Waals surface area contributed by atoms with Gasteiger partial charge in [0.25, 0.3) is 5.84 Å². The molecule has 0 fully saturated rings. The Morgan fingerprint density at radius 3 is 2.57 bits per heavy atom. The minimum atomic E-state index is 0. The molecule has 1 aliphatic rings. The lowest BCUT2D eigenvalue weighted by Crippen LogP contribution is -3.00. The summed E-state index contributed by atoms with van der Waals surface area (Å²) in [6.07, 6.45) is 1.23. The number of rotatable bonds is 1. The minimum absolute atomic E-state index is 0. The molecule has 3 heteroatoms. The van der Waals surface area contributed by atoms with E-state index in [0.29, 0.717) is 0 Å². The monoisotopic (exact) mass is 302 g/mol. The Hall–Kier alpha value is -0.580. The van der Waals surface area contributed by atoms with Gasteiger partial charge in [-0.15, -0.1) is 0 Å². The molecule has 14 heavy (non-hydrogen) atoms. The summed E-state index contributed by atoms with van der Waals surface area (Å²) in [4.78, 5) is 0. The van der Waals surface area contributed by atoms with E-state index in [1.807, 2.05) is 6.07 Å². The summed E-state index contributed by atoms with van der Waals surface area (Å²) in [5.74, 6) is 1.26. The number of benzene rings is 1. The predicted octanol–water partition coefficient (Wildman–Crippen LogP) is -1.93. The number of hydrogen-bond donors (Lipinski definition) is 1. The maximum Gasteiger partial charge on any atom is 0.276 e. The summed E-state index contributed by atoms with van der Waals surface area (Å²) in [7, 11) is 2.13. The second-order valence-electron chi connectivity index (χ2n) is 3.42. The van der Waals surface area contributed by atoms with Crippen LogP contribution in [-0.2, 0) is 0 Å². The van der Waals surface area contributed by atoms with Gasteiger partial charge in [0.05, 0.1) is 25.7 Å². The van der Waals surface area contributed by atoms with E-state index in [4.69, 9.17) is 0 Å². The van der Waals surface area contributed by atoms with Crippen molar-refractivity contribution in [2.45, 2.75) is 6.42 Å². The van der Waals surface area contributed by atoms with Gasteiger partial charge in [0, 0.05) is 6.42 Å². The van der Waals surface area contributed by atoms with Crippen LogP contribution in [0.2, 0.25) is 0 Å². The lowest BCUT2D eigenvalue weighted by molar-refractivity contribution is -0.503. The zero-order valence-corrected chi connectivity index (χ0v) is 10.5. The SMILES string of the molecule is C[N+]1=C(c2ccccc2)NCCC1.[I-]. The number of halogens is 1. The molecule has 1 heterocycles. The first-order valence-corrected chi connectivity index (χ1v) is 4.75. The molecule has 1 N–H and O–H groups in total. The van der Waals surface area contributed by atoms with Gasteiger partial charge >= 0.3 is 0 Å². The molecule has 0 aliphatic carbocycles. The third-order valence-corrected chi connectivity index (χ3v) is 2.39. The Morgan fingerprint density at radius 2 is 1.93 bits per heavy atom. The van der Waals surface area contributed by atoms with Crippen molar-refractivity contribution in [3.8, 4) is 0 Å². The predicted molar refractivity (Wildman–Crippen MR) is 54.2 cm³/mol. The second kappa shape index (κ2) is 5.34. The lowest BCUT2D eigenvalue weighted by Gasteiger charge is -2.13. The third-order valence-electron chi connectivity index (χ3n) is 2.39. The van der Waals surface area contributed by atoms with Crippen LogP contribution < -0.4 is 29.3 Å². The molecular weight excluding hydrogens is 287 g/mol. The summed E-state index contributed by atoms with van der Waals surface area (Å²) in [6, 6.07) is 10.5. The van der Waals surface area contributed by atoms with Crippen LogP contribution in [0.15, 0.2) is 30.3 Å². The number of hydrogen-bond acceptors (Lipinski definition) is 1. The van der Waals surface area contributed by atoms with Crippen molar-refractivity contribution in [1.82, 2.24) is 5.32 Å². The largest absolute Gasteiger partial charge is 1.00 e. The van der Waals surface area contributed by atoms with Crippen LogP contribution in [0.1, 0.15) is 12.0 Å². The van der Waals surface area contributed by atoms with E-state index in [1.54, 1.807) is 0 Å². The van der Waals surface area contributed by atoms with E-state index < -0.39 is 0 Å². The van der Waals surface area contributed by atoms with E-state index >= 15 is 0 Å². The Morgan fingerprint density at radius 1 is 1.21 bits per heavy atom. The zero-order chi connectivity index (χ0) is 9.10. The summed E-state index contributed by atoms with van der Waals surface area (Å²) in [6.45, 7) is 2.24.